The summed E-state index contributed by atoms with van der Waals surface area (Å²) < 4.78 is 0. The molecule has 2 aromatic rings. The molecule has 0 aliphatic rings. The molecule has 0 bridgehead atoms. The number of carboxylic acids is 1. The topological polar surface area (TPSA) is 53.1 Å². The predicted octanol–water partition coefficient (Wildman–Crippen LogP) is 3.22. The monoisotopic (exact) mass is 229 g/mol. The molecular weight excluding hydrogens is 214 g/mol. The highest BCUT2D eigenvalue weighted by atomic mass is 16.4. The van der Waals surface area contributed by atoms with Crippen LogP contribution in [0.15, 0.2) is 30.5 Å². The quantitative estimate of drug-likeness (QED) is 0.794. The van der Waals surface area contributed by atoms with E-state index in [1.807, 2.05) is 25.3 Å². The third-order valence-electron chi connectivity index (χ3n) is 2.95. The fourth-order valence-corrected chi connectivity index (χ4v) is 2.10. The first kappa shape index (κ1) is 11.5. The first-order valence-corrected chi connectivity index (χ1v) is 5.64. The minimum Gasteiger partial charge on any atom is -0.478 e. The van der Waals surface area contributed by atoms with Crippen LogP contribution in [-0.4, -0.2) is 16.1 Å². The number of aliphatic carboxylic acids is 1. The van der Waals surface area contributed by atoms with Gasteiger partial charge in [0.05, 0.1) is 0 Å². The van der Waals surface area contributed by atoms with E-state index in [1.54, 1.807) is 0 Å². The molecule has 0 saturated carbocycles. The third-order valence-corrected chi connectivity index (χ3v) is 2.95. The lowest BCUT2D eigenvalue weighted by Gasteiger charge is -2.01. The lowest BCUT2D eigenvalue weighted by molar-refractivity contribution is -0.131. The number of aryl methyl sites for hydroxylation is 1. The van der Waals surface area contributed by atoms with Crippen molar-refractivity contribution in [3.8, 4) is 0 Å². The van der Waals surface area contributed by atoms with Gasteiger partial charge in [0, 0.05) is 28.7 Å². The molecule has 3 heteroatoms. The molecule has 0 aliphatic heterocycles. The summed E-state index contributed by atoms with van der Waals surface area (Å²) in [5.41, 5.74) is 4.06. The Morgan fingerprint density at radius 2 is 2.24 bits per heavy atom. The summed E-state index contributed by atoms with van der Waals surface area (Å²) in [6, 6.07) is 6.10. The standard InChI is InChI=1S/C14H15NO2/c1-3-10-5-4-6-11-12(8-15-14(10)11)9(2)7-13(16)17/h4-8,15H,3H2,1-2H3,(H,16,17). The van der Waals surface area contributed by atoms with E-state index in [2.05, 4.69) is 18.0 Å². The molecular formula is C14H15NO2. The molecule has 0 spiro atoms. The largest absolute Gasteiger partial charge is 0.478 e. The van der Waals surface area contributed by atoms with Crippen LogP contribution in [0, 0.1) is 0 Å². The molecule has 0 atom stereocenters. The normalized spacial score (nSPS) is 12.0. The molecule has 0 fully saturated rings. The van der Waals surface area contributed by atoms with Gasteiger partial charge in [-0.15, -0.1) is 0 Å². The molecule has 0 unspecified atom stereocenters. The van der Waals surface area contributed by atoms with Crippen LogP contribution in [0.1, 0.15) is 25.0 Å². The van der Waals surface area contributed by atoms with Crippen molar-refractivity contribution in [3.63, 3.8) is 0 Å². The molecule has 1 heterocycles. The Bertz CT molecular complexity index is 593. The van der Waals surface area contributed by atoms with Gasteiger partial charge in [-0.2, -0.15) is 0 Å². The summed E-state index contributed by atoms with van der Waals surface area (Å²) in [6.07, 6.45) is 4.07. The molecule has 0 aliphatic carbocycles. The summed E-state index contributed by atoms with van der Waals surface area (Å²) in [4.78, 5) is 13.9. The molecule has 2 rings (SSSR count). The zero-order valence-corrected chi connectivity index (χ0v) is 9.95. The smallest absolute Gasteiger partial charge is 0.328 e. The van der Waals surface area contributed by atoms with Gasteiger partial charge < -0.3 is 10.1 Å². The second-order valence-electron chi connectivity index (χ2n) is 4.06. The number of benzene rings is 1. The number of nitrogens with one attached hydrogen (secondary N) is 1. The fourth-order valence-electron chi connectivity index (χ4n) is 2.10. The van der Waals surface area contributed by atoms with Crippen LogP contribution in [0.4, 0.5) is 0 Å². The summed E-state index contributed by atoms with van der Waals surface area (Å²) in [5, 5.41) is 9.85. The highest BCUT2D eigenvalue weighted by molar-refractivity contribution is 5.98. The SMILES string of the molecule is CCc1cccc2c(C(C)=CC(=O)O)c[nH]c12. The number of fused-ring (bicyclic) bond motifs is 1. The Morgan fingerprint density at radius 3 is 2.88 bits per heavy atom. The highest BCUT2D eigenvalue weighted by Gasteiger charge is 2.08. The van der Waals surface area contributed by atoms with E-state index >= 15 is 0 Å². The molecule has 1 aromatic carbocycles. The summed E-state index contributed by atoms with van der Waals surface area (Å²) in [5.74, 6) is -0.913. The van der Waals surface area contributed by atoms with Gasteiger partial charge in [-0.05, 0) is 24.5 Å². The second kappa shape index (κ2) is 4.45. The second-order valence-corrected chi connectivity index (χ2v) is 4.06. The van der Waals surface area contributed by atoms with Gasteiger partial charge in [-0.1, -0.05) is 25.1 Å². The van der Waals surface area contributed by atoms with Gasteiger partial charge in [-0.3, -0.25) is 0 Å². The maximum atomic E-state index is 10.7. The molecule has 1 aromatic heterocycles. The van der Waals surface area contributed by atoms with Crippen molar-refractivity contribution in [1.29, 1.82) is 0 Å². The molecule has 0 amide bonds. The minimum atomic E-state index is -0.913. The first-order chi connectivity index (χ1) is 8.13. The Hall–Kier alpha value is -2.03. The number of allylic oxidation sites excluding steroid dienone is 1. The van der Waals surface area contributed by atoms with E-state index in [4.69, 9.17) is 5.11 Å². The van der Waals surface area contributed by atoms with Gasteiger partial charge in [0.25, 0.3) is 0 Å². The van der Waals surface area contributed by atoms with E-state index in [-0.39, 0.29) is 0 Å². The number of carboxylic acid groups (broad SMARTS) is 1. The first-order valence-electron chi connectivity index (χ1n) is 5.64. The molecule has 0 saturated heterocycles. The van der Waals surface area contributed by atoms with Crippen LogP contribution in [0.2, 0.25) is 0 Å². The van der Waals surface area contributed by atoms with Crippen LogP contribution >= 0.6 is 0 Å². The van der Waals surface area contributed by atoms with Crippen LogP contribution in [0.3, 0.4) is 0 Å². The van der Waals surface area contributed by atoms with Gasteiger partial charge in [0.15, 0.2) is 0 Å². The van der Waals surface area contributed by atoms with Gasteiger partial charge in [-0.25, -0.2) is 4.79 Å². The molecule has 0 radical (unpaired) electrons. The molecule has 3 nitrogen and oxygen atoms in total. The molecule has 17 heavy (non-hydrogen) atoms. The maximum Gasteiger partial charge on any atom is 0.328 e. The average molecular weight is 229 g/mol. The fraction of sp³-hybridized carbons (Fsp3) is 0.214. The van der Waals surface area contributed by atoms with Gasteiger partial charge >= 0.3 is 5.97 Å². The van der Waals surface area contributed by atoms with E-state index in [0.717, 1.165) is 28.5 Å². The van der Waals surface area contributed by atoms with Crippen LogP contribution < -0.4 is 0 Å². The molecule has 88 valence electrons. The number of rotatable bonds is 3. The van der Waals surface area contributed by atoms with Crippen molar-refractivity contribution in [3.05, 3.63) is 41.6 Å². The van der Waals surface area contributed by atoms with E-state index < -0.39 is 5.97 Å². The summed E-state index contributed by atoms with van der Waals surface area (Å²) in [6.45, 7) is 3.92. The van der Waals surface area contributed by atoms with Crippen LogP contribution in [0.5, 0.6) is 0 Å². The van der Waals surface area contributed by atoms with Crippen molar-refractivity contribution in [2.75, 3.05) is 0 Å². The number of hydrogen-bond acceptors (Lipinski definition) is 1. The Labute approximate surface area is 99.8 Å². The number of hydrogen-bond donors (Lipinski definition) is 2. The average Bonchev–Trinajstić information content (AvgIpc) is 2.71. The third kappa shape index (κ3) is 2.09. The van der Waals surface area contributed by atoms with Crippen LogP contribution in [-0.2, 0) is 11.2 Å². The van der Waals surface area contributed by atoms with E-state index in [0.29, 0.717) is 0 Å². The Morgan fingerprint density at radius 1 is 1.47 bits per heavy atom. The summed E-state index contributed by atoms with van der Waals surface area (Å²) in [7, 11) is 0. The van der Waals surface area contributed by atoms with Gasteiger partial charge in [0.1, 0.15) is 0 Å². The van der Waals surface area contributed by atoms with Crippen molar-refractivity contribution < 1.29 is 9.90 Å². The lowest BCUT2D eigenvalue weighted by atomic mass is 10.0. The lowest BCUT2D eigenvalue weighted by Crippen LogP contribution is -1.89. The number of aromatic nitrogens is 1. The molecule has 2 N–H and O–H groups in total. The zero-order valence-electron chi connectivity index (χ0n) is 9.95. The number of para-hydroxylation sites is 1. The number of aromatic amines is 1. The Kier molecular flexibility index (Phi) is 3.00. The number of carbonyl (C=O) groups is 1. The highest BCUT2D eigenvalue weighted by Crippen LogP contribution is 2.27. The van der Waals surface area contributed by atoms with Crippen molar-refractivity contribution >= 4 is 22.4 Å². The van der Waals surface area contributed by atoms with E-state index in [9.17, 15) is 4.79 Å². The van der Waals surface area contributed by atoms with Crippen molar-refractivity contribution in [1.82, 2.24) is 4.98 Å². The maximum absolute atomic E-state index is 10.7. The Balaban J connectivity index is 2.61. The van der Waals surface area contributed by atoms with E-state index in [1.165, 1.54) is 11.6 Å². The predicted molar refractivity (Wildman–Crippen MR) is 69.0 cm³/mol. The summed E-state index contributed by atoms with van der Waals surface area (Å²) >= 11 is 0. The van der Waals surface area contributed by atoms with Crippen molar-refractivity contribution in [2.45, 2.75) is 20.3 Å². The minimum absolute atomic E-state index is 0.761. The number of H-pyrrole nitrogens is 1. The zero-order chi connectivity index (χ0) is 12.4. The van der Waals surface area contributed by atoms with Crippen molar-refractivity contribution in [2.24, 2.45) is 0 Å². The van der Waals surface area contributed by atoms with Crippen LogP contribution in [0.25, 0.3) is 16.5 Å². The van der Waals surface area contributed by atoms with Gasteiger partial charge in [0.2, 0.25) is 0 Å².